The molecule has 0 spiro atoms. The molecule has 21 heavy (non-hydrogen) atoms. The number of ether oxygens (including phenoxy) is 1. The smallest absolute Gasteiger partial charge is 0.124 e. The van der Waals surface area contributed by atoms with E-state index in [2.05, 4.69) is 6.07 Å². The maximum Gasteiger partial charge on any atom is 0.124 e. The van der Waals surface area contributed by atoms with Crippen LogP contribution in [-0.4, -0.2) is 12.2 Å². The van der Waals surface area contributed by atoms with E-state index in [4.69, 9.17) is 4.74 Å². The third kappa shape index (κ3) is 2.83. The van der Waals surface area contributed by atoms with Crippen molar-refractivity contribution in [2.45, 2.75) is 63.4 Å². The predicted molar refractivity (Wildman–Crippen MR) is 85.4 cm³/mol. The Morgan fingerprint density at radius 2 is 1.71 bits per heavy atom. The molecule has 2 heteroatoms. The average Bonchev–Trinajstić information content (AvgIpc) is 2.56. The highest BCUT2D eigenvalue weighted by Crippen LogP contribution is 2.50. The van der Waals surface area contributed by atoms with Gasteiger partial charge in [0.15, 0.2) is 0 Å². The van der Waals surface area contributed by atoms with Gasteiger partial charge in [0.2, 0.25) is 0 Å². The van der Waals surface area contributed by atoms with E-state index in [1.54, 1.807) is 7.11 Å². The van der Waals surface area contributed by atoms with Crippen LogP contribution in [0.3, 0.4) is 0 Å². The SMILES string of the molecule is COc1ccccc1C1(O)CCCCC1C1CCCCC1. The molecule has 2 nitrogen and oxygen atoms in total. The number of aliphatic hydroxyl groups is 1. The van der Waals surface area contributed by atoms with E-state index >= 15 is 0 Å². The van der Waals surface area contributed by atoms with E-state index < -0.39 is 5.60 Å². The molecule has 0 aromatic heterocycles. The zero-order chi connectivity index (χ0) is 14.7. The van der Waals surface area contributed by atoms with Crippen molar-refractivity contribution >= 4 is 0 Å². The molecule has 0 bridgehead atoms. The molecule has 2 unspecified atom stereocenters. The van der Waals surface area contributed by atoms with E-state index in [9.17, 15) is 5.11 Å². The molecule has 2 aliphatic carbocycles. The Morgan fingerprint density at radius 3 is 2.48 bits per heavy atom. The van der Waals surface area contributed by atoms with Crippen molar-refractivity contribution < 1.29 is 9.84 Å². The highest BCUT2D eigenvalue weighted by atomic mass is 16.5. The molecule has 2 aliphatic rings. The molecule has 2 atom stereocenters. The summed E-state index contributed by atoms with van der Waals surface area (Å²) in [7, 11) is 1.71. The van der Waals surface area contributed by atoms with Gasteiger partial charge in [0.1, 0.15) is 5.75 Å². The van der Waals surface area contributed by atoms with Crippen LogP contribution in [0, 0.1) is 11.8 Å². The van der Waals surface area contributed by atoms with Gasteiger partial charge in [-0.3, -0.25) is 0 Å². The molecular formula is C19H28O2. The highest BCUT2D eigenvalue weighted by molar-refractivity contribution is 5.39. The number of rotatable bonds is 3. The van der Waals surface area contributed by atoms with Gasteiger partial charge in [0.05, 0.1) is 12.7 Å². The van der Waals surface area contributed by atoms with Crippen LogP contribution in [0.2, 0.25) is 0 Å². The lowest BCUT2D eigenvalue weighted by Crippen LogP contribution is -2.42. The molecule has 0 aliphatic heterocycles. The van der Waals surface area contributed by atoms with Crippen molar-refractivity contribution in [3.63, 3.8) is 0 Å². The summed E-state index contributed by atoms with van der Waals surface area (Å²) < 4.78 is 5.54. The summed E-state index contributed by atoms with van der Waals surface area (Å²) in [5, 5.41) is 11.6. The van der Waals surface area contributed by atoms with Crippen molar-refractivity contribution in [2.75, 3.05) is 7.11 Å². The van der Waals surface area contributed by atoms with Crippen LogP contribution < -0.4 is 4.74 Å². The van der Waals surface area contributed by atoms with Crippen molar-refractivity contribution in [3.05, 3.63) is 29.8 Å². The monoisotopic (exact) mass is 288 g/mol. The first-order valence-electron chi connectivity index (χ1n) is 8.61. The first kappa shape index (κ1) is 14.9. The Labute approximate surface area is 128 Å². The summed E-state index contributed by atoms with van der Waals surface area (Å²) in [6, 6.07) is 8.08. The second-order valence-corrected chi connectivity index (χ2v) is 6.87. The average molecular weight is 288 g/mol. The van der Waals surface area contributed by atoms with E-state index in [0.29, 0.717) is 11.8 Å². The fraction of sp³-hybridized carbons (Fsp3) is 0.684. The summed E-state index contributed by atoms with van der Waals surface area (Å²) in [5.74, 6) is 1.94. The fourth-order valence-corrected chi connectivity index (χ4v) is 4.68. The van der Waals surface area contributed by atoms with Crippen molar-refractivity contribution in [2.24, 2.45) is 11.8 Å². The predicted octanol–water partition coefficient (Wildman–Crippen LogP) is 4.65. The Balaban J connectivity index is 1.94. The highest BCUT2D eigenvalue weighted by Gasteiger charge is 2.45. The minimum absolute atomic E-state index is 0.405. The van der Waals surface area contributed by atoms with Crippen LogP contribution >= 0.6 is 0 Å². The number of para-hydroxylation sites is 1. The molecule has 2 fully saturated rings. The molecule has 1 N–H and O–H groups in total. The molecular weight excluding hydrogens is 260 g/mol. The Bertz CT molecular complexity index is 464. The van der Waals surface area contributed by atoms with Crippen molar-refractivity contribution in [1.82, 2.24) is 0 Å². The van der Waals surface area contributed by atoms with E-state index in [-0.39, 0.29) is 0 Å². The molecule has 116 valence electrons. The Kier molecular flexibility index (Phi) is 4.54. The van der Waals surface area contributed by atoms with Gasteiger partial charge in [-0.25, -0.2) is 0 Å². The van der Waals surface area contributed by atoms with Crippen LogP contribution in [0.1, 0.15) is 63.4 Å². The van der Waals surface area contributed by atoms with Gasteiger partial charge in [0.25, 0.3) is 0 Å². The number of hydrogen-bond acceptors (Lipinski definition) is 2. The quantitative estimate of drug-likeness (QED) is 0.877. The minimum atomic E-state index is -0.688. The van der Waals surface area contributed by atoms with Gasteiger partial charge in [0, 0.05) is 5.56 Å². The van der Waals surface area contributed by atoms with Crippen LogP contribution in [-0.2, 0) is 5.60 Å². The zero-order valence-electron chi connectivity index (χ0n) is 13.2. The van der Waals surface area contributed by atoms with Crippen LogP contribution in [0.4, 0.5) is 0 Å². The third-order valence-electron chi connectivity index (χ3n) is 5.73. The van der Waals surface area contributed by atoms with Gasteiger partial charge in [-0.2, -0.15) is 0 Å². The normalized spacial score (nSPS) is 31.0. The summed E-state index contributed by atoms with van der Waals surface area (Å²) in [6.07, 6.45) is 11.1. The number of benzene rings is 1. The van der Waals surface area contributed by atoms with E-state index in [1.807, 2.05) is 18.2 Å². The molecule has 3 rings (SSSR count). The molecule has 1 aromatic carbocycles. The first-order valence-corrected chi connectivity index (χ1v) is 8.61. The van der Waals surface area contributed by atoms with Crippen LogP contribution in [0.5, 0.6) is 5.75 Å². The van der Waals surface area contributed by atoms with Gasteiger partial charge >= 0.3 is 0 Å². The lowest BCUT2D eigenvalue weighted by Gasteiger charge is -2.46. The Hall–Kier alpha value is -1.02. The lowest BCUT2D eigenvalue weighted by atomic mass is 9.63. The molecule has 0 radical (unpaired) electrons. The van der Waals surface area contributed by atoms with E-state index in [0.717, 1.165) is 24.2 Å². The van der Waals surface area contributed by atoms with Crippen LogP contribution in [0.25, 0.3) is 0 Å². The molecule has 1 aromatic rings. The van der Waals surface area contributed by atoms with Gasteiger partial charge in [-0.05, 0) is 30.7 Å². The molecule has 0 heterocycles. The van der Waals surface area contributed by atoms with Gasteiger partial charge in [-0.1, -0.05) is 63.1 Å². The maximum absolute atomic E-state index is 11.6. The topological polar surface area (TPSA) is 29.5 Å². The van der Waals surface area contributed by atoms with Gasteiger partial charge < -0.3 is 9.84 Å². The first-order chi connectivity index (χ1) is 10.3. The molecule has 0 saturated heterocycles. The lowest BCUT2D eigenvalue weighted by molar-refractivity contribution is -0.0846. The molecule has 0 amide bonds. The standard InChI is InChI=1S/C19H28O2/c1-21-18-13-6-5-12-17(18)19(20)14-8-7-11-16(19)15-9-3-2-4-10-15/h5-6,12-13,15-16,20H,2-4,7-11,14H2,1H3. The summed E-state index contributed by atoms with van der Waals surface area (Å²) in [6.45, 7) is 0. The third-order valence-corrected chi connectivity index (χ3v) is 5.73. The Morgan fingerprint density at radius 1 is 1.00 bits per heavy atom. The molecule has 2 saturated carbocycles. The van der Waals surface area contributed by atoms with Gasteiger partial charge in [-0.15, -0.1) is 0 Å². The van der Waals surface area contributed by atoms with Crippen molar-refractivity contribution in [1.29, 1.82) is 0 Å². The van der Waals surface area contributed by atoms with Crippen molar-refractivity contribution in [3.8, 4) is 5.75 Å². The summed E-state index contributed by atoms with van der Waals surface area (Å²) in [4.78, 5) is 0. The number of hydrogen-bond donors (Lipinski definition) is 1. The number of methoxy groups -OCH3 is 1. The minimum Gasteiger partial charge on any atom is -0.496 e. The van der Waals surface area contributed by atoms with E-state index in [1.165, 1.54) is 44.9 Å². The maximum atomic E-state index is 11.6. The van der Waals surface area contributed by atoms with Crippen LogP contribution in [0.15, 0.2) is 24.3 Å². The fourth-order valence-electron chi connectivity index (χ4n) is 4.68. The second kappa shape index (κ2) is 6.39. The summed E-state index contributed by atoms with van der Waals surface area (Å²) >= 11 is 0. The summed E-state index contributed by atoms with van der Waals surface area (Å²) in [5.41, 5.74) is 0.329. The second-order valence-electron chi connectivity index (χ2n) is 6.87. The zero-order valence-corrected chi connectivity index (χ0v) is 13.2. The largest absolute Gasteiger partial charge is 0.496 e.